The maximum absolute atomic E-state index is 3.36. The predicted octanol–water partition coefficient (Wildman–Crippen LogP) is 7.75. The number of rotatable bonds is 6. The molecule has 208 valence electrons. The SMILES string of the molecule is C[Si](C)(C)c1cc(C23CC4CC(CC(C4)C2CP)C3)c(C(P)(c2cc[nH]c2)c2cc[nH]c2)[cH-]1.[Fe+2].c1cc[cH-]c1. The molecule has 0 aliphatic heterocycles. The van der Waals surface area contributed by atoms with Crippen molar-refractivity contribution in [2.45, 2.75) is 62.3 Å². The molecule has 5 unspecified atom stereocenters. The van der Waals surface area contributed by atoms with Crippen molar-refractivity contribution in [1.82, 2.24) is 9.97 Å². The predicted molar refractivity (Wildman–Crippen MR) is 172 cm³/mol. The molecule has 4 saturated carbocycles. The summed E-state index contributed by atoms with van der Waals surface area (Å²) in [4.78, 5) is 6.72. The number of nitrogens with one attached hydrogen (secondary N) is 2. The van der Waals surface area contributed by atoms with Crippen LogP contribution in [0.15, 0.2) is 79.4 Å². The average Bonchev–Trinajstić information content (AvgIpc) is 3.72. The summed E-state index contributed by atoms with van der Waals surface area (Å²) in [6, 6.07) is 19.9. The van der Waals surface area contributed by atoms with E-state index in [0.717, 1.165) is 23.7 Å². The first kappa shape index (κ1) is 29.4. The summed E-state index contributed by atoms with van der Waals surface area (Å²) in [5.74, 6) is 3.60. The van der Waals surface area contributed by atoms with Crippen LogP contribution >= 0.6 is 18.5 Å². The van der Waals surface area contributed by atoms with E-state index < -0.39 is 8.07 Å². The molecule has 0 saturated heterocycles. The van der Waals surface area contributed by atoms with Crippen molar-refractivity contribution < 1.29 is 17.1 Å². The first-order chi connectivity index (χ1) is 18.3. The summed E-state index contributed by atoms with van der Waals surface area (Å²) in [5, 5.41) is 1.39. The van der Waals surface area contributed by atoms with Crippen LogP contribution in [0.1, 0.15) is 54.4 Å². The molecule has 8 rings (SSSR count). The smallest absolute Gasteiger partial charge is 0.367 e. The minimum Gasteiger partial charge on any atom is -0.367 e. The Morgan fingerprint density at radius 3 is 2.00 bits per heavy atom. The Morgan fingerprint density at radius 2 is 1.56 bits per heavy atom. The molecule has 4 aromatic rings. The minimum absolute atomic E-state index is 0. The molecule has 2 nitrogen and oxygen atoms in total. The van der Waals surface area contributed by atoms with Crippen molar-refractivity contribution >= 4 is 31.7 Å². The molecule has 2 aromatic heterocycles. The summed E-state index contributed by atoms with van der Waals surface area (Å²) in [6.07, 6.45) is 17.1. The van der Waals surface area contributed by atoms with Gasteiger partial charge in [-0.25, -0.2) is 18.2 Å². The Bertz CT molecular complexity index is 1250. The molecule has 39 heavy (non-hydrogen) atoms. The van der Waals surface area contributed by atoms with Gasteiger partial charge in [0, 0.05) is 29.9 Å². The van der Waals surface area contributed by atoms with Crippen LogP contribution in [0.25, 0.3) is 0 Å². The van der Waals surface area contributed by atoms with Crippen LogP contribution in [0.2, 0.25) is 19.6 Å². The number of aromatic amines is 2. The Morgan fingerprint density at radius 1 is 0.974 bits per heavy atom. The van der Waals surface area contributed by atoms with Gasteiger partial charge in [0.1, 0.15) is 0 Å². The third kappa shape index (κ3) is 5.08. The van der Waals surface area contributed by atoms with Crippen molar-refractivity contribution in [3.05, 3.63) is 102 Å². The number of H-pyrrole nitrogens is 2. The van der Waals surface area contributed by atoms with Crippen LogP contribution in [0.5, 0.6) is 0 Å². The summed E-state index contributed by atoms with van der Waals surface area (Å²) in [5.41, 5.74) is 6.28. The Balaban J connectivity index is 0.000000464. The van der Waals surface area contributed by atoms with E-state index in [1.54, 1.807) is 16.3 Å². The first-order valence-corrected chi connectivity index (χ1v) is 19.4. The average molecular weight is 615 g/mol. The van der Waals surface area contributed by atoms with Crippen LogP contribution in [0.3, 0.4) is 0 Å². The van der Waals surface area contributed by atoms with Gasteiger partial charge in [0.25, 0.3) is 0 Å². The molecular weight excluding hydrogens is 570 g/mol. The van der Waals surface area contributed by atoms with Crippen molar-refractivity contribution in [2.75, 3.05) is 6.16 Å². The molecular formula is C33H44FeN2P2Si. The van der Waals surface area contributed by atoms with E-state index in [-0.39, 0.29) is 22.2 Å². The largest absolute Gasteiger partial charge is 2.00 e. The molecule has 6 heteroatoms. The second-order valence-corrected chi connectivity index (χ2v) is 19.8. The van der Waals surface area contributed by atoms with Gasteiger partial charge in [0.2, 0.25) is 0 Å². The van der Waals surface area contributed by atoms with Crippen LogP contribution < -0.4 is 5.19 Å². The van der Waals surface area contributed by atoms with E-state index in [4.69, 9.17) is 0 Å². The van der Waals surface area contributed by atoms with E-state index in [1.165, 1.54) is 49.4 Å². The summed E-state index contributed by atoms with van der Waals surface area (Å²) in [7, 11) is 5.02. The number of hydrogen-bond donors (Lipinski definition) is 2. The normalized spacial score (nSPS) is 27.6. The Kier molecular flexibility index (Phi) is 8.48. The zero-order chi connectivity index (χ0) is 26.5. The molecule has 5 atom stereocenters. The maximum Gasteiger partial charge on any atom is 2.00 e. The van der Waals surface area contributed by atoms with Gasteiger partial charge < -0.3 is 9.97 Å². The van der Waals surface area contributed by atoms with Crippen molar-refractivity contribution in [2.24, 2.45) is 23.7 Å². The molecule has 2 aromatic carbocycles. The first-order valence-electron chi connectivity index (χ1n) is 14.5. The minimum atomic E-state index is -1.47. The van der Waals surface area contributed by atoms with Gasteiger partial charge in [-0.1, -0.05) is 37.9 Å². The van der Waals surface area contributed by atoms with Crippen LogP contribution in [-0.2, 0) is 27.6 Å². The van der Waals surface area contributed by atoms with E-state index in [0.29, 0.717) is 5.41 Å². The molecule has 2 N–H and O–H groups in total. The fourth-order valence-electron chi connectivity index (χ4n) is 8.60. The molecule has 0 spiro atoms. The fraction of sp³-hybridized carbons (Fsp3) is 0.455. The van der Waals surface area contributed by atoms with Crippen LogP contribution in [0.4, 0.5) is 0 Å². The van der Waals surface area contributed by atoms with Crippen molar-refractivity contribution in [1.29, 1.82) is 0 Å². The standard InChI is InChI=1S/C28H39N2P2Si.C5H5.Fe/c1-33(2,3)23-11-24(27-13-18-8-19(14-27)10-20(9-18)26(27)17-31)25(12-23)28(32,21-4-6-29-15-21)22-5-7-30-16-22;1-2-4-5-3-1;/h4-7,11-12,15-16,18-20,26,29-30H,8-10,13-14,17,31-32H2,1-3H3;1-5H;/q2*-1;+2. The zero-order valence-corrected chi connectivity index (χ0v) is 28.0. The maximum atomic E-state index is 3.36. The van der Waals surface area contributed by atoms with E-state index >= 15 is 0 Å². The Hall–Kier alpha value is -1.14. The zero-order valence-electron chi connectivity index (χ0n) is 23.6. The van der Waals surface area contributed by atoms with Gasteiger partial charge in [0.15, 0.2) is 0 Å². The number of hydrogen-bond acceptors (Lipinski definition) is 0. The molecule has 4 bridgehead atoms. The summed E-state index contributed by atoms with van der Waals surface area (Å²) in [6.45, 7) is 7.54. The van der Waals surface area contributed by atoms with E-state index in [9.17, 15) is 0 Å². The monoisotopic (exact) mass is 614 g/mol. The van der Waals surface area contributed by atoms with Crippen LogP contribution in [0, 0.1) is 23.7 Å². The molecule has 0 amide bonds. The summed E-state index contributed by atoms with van der Waals surface area (Å²) >= 11 is 0. The van der Waals surface area contributed by atoms with Crippen molar-refractivity contribution in [3.63, 3.8) is 0 Å². The van der Waals surface area contributed by atoms with Gasteiger partial charge in [-0.3, -0.25) is 0 Å². The van der Waals surface area contributed by atoms with Gasteiger partial charge in [-0.05, 0) is 72.4 Å². The molecule has 2 heterocycles. The van der Waals surface area contributed by atoms with Gasteiger partial charge in [-0.2, -0.15) is 35.0 Å². The third-order valence-electron chi connectivity index (χ3n) is 10.2. The topological polar surface area (TPSA) is 31.6 Å². The quantitative estimate of drug-likeness (QED) is 0.127. The van der Waals surface area contributed by atoms with E-state index in [1.807, 2.05) is 30.3 Å². The molecule has 4 fully saturated rings. The second-order valence-electron chi connectivity index (χ2n) is 13.4. The molecule has 4 aliphatic carbocycles. The van der Waals surface area contributed by atoms with Crippen molar-refractivity contribution in [3.8, 4) is 0 Å². The number of aromatic nitrogens is 2. The van der Waals surface area contributed by atoms with Gasteiger partial charge in [0.05, 0.1) is 8.07 Å². The van der Waals surface area contributed by atoms with Gasteiger partial charge >= 0.3 is 17.1 Å². The Labute approximate surface area is 251 Å². The second kappa shape index (κ2) is 11.3. The molecule has 4 aliphatic rings. The van der Waals surface area contributed by atoms with Crippen LogP contribution in [-0.4, -0.2) is 24.2 Å². The van der Waals surface area contributed by atoms with Gasteiger partial charge in [-0.15, -0.1) is 24.0 Å². The van der Waals surface area contributed by atoms with E-state index in [2.05, 4.69) is 97.1 Å². The fourth-order valence-corrected chi connectivity index (χ4v) is 11.2. The third-order valence-corrected chi connectivity index (χ3v) is 13.7. The summed E-state index contributed by atoms with van der Waals surface area (Å²) < 4.78 is 0. The molecule has 0 radical (unpaired) electrons.